The van der Waals surface area contributed by atoms with Gasteiger partial charge in [0.15, 0.2) is 5.69 Å². The SMILES string of the molecule is N#Cc1[nH]nnc1-c1cccc(COc2nc(-c3ccccc3)cs2)c1. The molecule has 0 aliphatic rings. The molecule has 0 aliphatic carbocycles. The monoisotopic (exact) mass is 359 g/mol. The van der Waals surface area contributed by atoms with Crippen molar-refractivity contribution in [3.05, 3.63) is 71.2 Å². The molecule has 0 spiro atoms. The summed E-state index contributed by atoms with van der Waals surface area (Å²) in [6.45, 7) is 0.384. The summed E-state index contributed by atoms with van der Waals surface area (Å²) in [5.74, 6) is 0. The normalized spacial score (nSPS) is 10.4. The summed E-state index contributed by atoms with van der Waals surface area (Å²) in [4.78, 5) is 4.52. The number of nitrogens with zero attached hydrogens (tertiary/aromatic N) is 4. The predicted molar refractivity (Wildman–Crippen MR) is 98.4 cm³/mol. The second kappa shape index (κ2) is 7.17. The Bertz CT molecular complexity index is 1060. The molecular formula is C19H13N5OS. The lowest BCUT2D eigenvalue weighted by molar-refractivity contribution is 0.305. The second-order valence-electron chi connectivity index (χ2n) is 5.50. The van der Waals surface area contributed by atoms with Crippen molar-refractivity contribution in [3.63, 3.8) is 0 Å². The van der Waals surface area contributed by atoms with Crippen LogP contribution in [0.4, 0.5) is 0 Å². The Morgan fingerprint density at radius 3 is 2.77 bits per heavy atom. The van der Waals surface area contributed by atoms with Crippen molar-refractivity contribution in [1.82, 2.24) is 20.4 Å². The molecule has 6 nitrogen and oxygen atoms in total. The summed E-state index contributed by atoms with van der Waals surface area (Å²) in [5.41, 5.74) is 4.63. The van der Waals surface area contributed by atoms with Crippen LogP contribution in [-0.2, 0) is 6.61 Å². The fourth-order valence-corrected chi connectivity index (χ4v) is 3.21. The maximum absolute atomic E-state index is 9.09. The largest absolute Gasteiger partial charge is 0.465 e. The molecule has 0 bridgehead atoms. The molecule has 0 atom stereocenters. The number of thiazole rings is 1. The predicted octanol–water partition coefficient (Wildman–Crippen LogP) is 4.05. The van der Waals surface area contributed by atoms with Crippen LogP contribution < -0.4 is 4.74 Å². The lowest BCUT2D eigenvalue weighted by atomic mass is 10.1. The number of ether oxygens (including phenoxy) is 1. The summed E-state index contributed by atoms with van der Waals surface area (Å²) in [5, 5.41) is 21.9. The molecule has 26 heavy (non-hydrogen) atoms. The second-order valence-corrected chi connectivity index (χ2v) is 6.32. The Balaban J connectivity index is 1.48. The highest BCUT2D eigenvalue weighted by Crippen LogP contribution is 2.27. The Kier molecular flexibility index (Phi) is 4.41. The number of aromatic amines is 1. The molecule has 2 heterocycles. The molecule has 0 saturated carbocycles. The third kappa shape index (κ3) is 3.31. The summed E-state index contributed by atoms with van der Waals surface area (Å²) < 4.78 is 5.82. The molecule has 126 valence electrons. The third-order valence-electron chi connectivity index (χ3n) is 3.78. The van der Waals surface area contributed by atoms with Gasteiger partial charge in [-0.25, -0.2) is 10.1 Å². The number of nitriles is 1. The van der Waals surface area contributed by atoms with E-state index in [9.17, 15) is 0 Å². The van der Waals surface area contributed by atoms with Gasteiger partial charge in [-0.2, -0.15) is 5.26 Å². The first-order valence-electron chi connectivity index (χ1n) is 7.87. The summed E-state index contributed by atoms with van der Waals surface area (Å²) >= 11 is 1.47. The van der Waals surface area contributed by atoms with Crippen LogP contribution >= 0.6 is 11.3 Å². The summed E-state index contributed by atoms with van der Waals surface area (Å²) in [6.07, 6.45) is 0. The maximum atomic E-state index is 9.09. The zero-order valence-corrected chi connectivity index (χ0v) is 14.4. The summed E-state index contributed by atoms with van der Waals surface area (Å²) in [7, 11) is 0. The fourth-order valence-electron chi connectivity index (χ4n) is 2.53. The van der Waals surface area contributed by atoms with Gasteiger partial charge in [0.05, 0.1) is 5.69 Å². The van der Waals surface area contributed by atoms with Gasteiger partial charge < -0.3 is 4.74 Å². The lowest BCUT2D eigenvalue weighted by Gasteiger charge is -2.04. The van der Waals surface area contributed by atoms with E-state index >= 15 is 0 Å². The van der Waals surface area contributed by atoms with Crippen LogP contribution in [0.3, 0.4) is 0 Å². The Morgan fingerprint density at radius 2 is 1.92 bits per heavy atom. The molecule has 0 radical (unpaired) electrons. The van der Waals surface area contributed by atoms with Gasteiger partial charge in [-0.15, -0.1) is 5.10 Å². The first-order valence-corrected chi connectivity index (χ1v) is 8.75. The van der Waals surface area contributed by atoms with E-state index in [0.717, 1.165) is 22.4 Å². The zero-order chi connectivity index (χ0) is 17.8. The molecule has 4 rings (SSSR count). The van der Waals surface area contributed by atoms with E-state index in [1.165, 1.54) is 11.3 Å². The van der Waals surface area contributed by atoms with Crippen molar-refractivity contribution in [3.8, 4) is 33.8 Å². The van der Waals surface area contributed by atoms with Crippen LogP contribution in [0.5, 0.6) is 5.19 Å². The smallest absolute Gasteiger partial charge is 0.274 e. The summed E-state index contributed by atoms with van der Waals surface area (Å²) in [6, 6.07) is 19.7. The van der Waals surface area contributed by atoms with E-state index in [2.05, 4.69) is 20.4 Å². The van der Waals surface area contributed by atoms with E-state index in [4.69, 9.17) is 10.00 Å². The van der Waals surface area contributed by atoms with Gasteiger partial charge >= 0.3 is 0 Å². The van der Waals surface area contributed by atoms with Crippen molar-refractivity contribution in [1.29, 1.82) is 5.26 Å². The first kappa shape index (κ1) is 16.0. The van der Waals surface area contributed by atoms with Crippen LogP contribution in [0.1, 0.15) is 11.3 Å². The number of hydrogen-bond acceptors (Lipinski definition) is 6. The van der Waals surface area contributed by atoms with Gasteiger partial charge in [-0.3, -0.25) is 0 Å². The molecule has 0 unspecified atom stereocenters. The highest BCUT2D eigenvalue weighted by atomic mass is 32.1. The Labute approximate surface area is 153 Å². The van der Waals surface area contributed by atoms with Crippen LogP contribution in [0.25, 0.3) is 22.5 Å². The quantitative estimate of drug-likeness (QED) is 0.581. The van der Waals surface area contributed by atoms with Gasteiger partial charge in [-0.1, -0.05) is 65.1 Å². The van der Waals surface area contributed by atoms with E-state index in [1.54, 1.807) is 0 Å². The molecule has 2 aromatic heterocycles. The highest BCUT2D eigenvalue weighted by Gasteiger charge is 2.10. The van der Waals surface area contributed by atoms with E-state index in [1.807, 2.05) is 66.0 Å². The number of benzene rings is 2. The van der Waals surface area contributed by atoms with Crippen LogP contribution in [-0.4, -0.2) is 20.4 Å². The topological polar surface area (TPSA) is 87.5 Å². The van der Waals surface area contributed by atoms with E-state index in [-0.39, 0.29) is 0 Å². The zero-order valence-electron chi connectivity index (χ0n) is 13.6. The standard InChI is InChI=1S/C19H13N5OS/c20-10-16-18(23-24-22-16)15-8-4-5-13(9-15)11-25-19-21-17(12-26-19)14-6-2-1-3-7-14/h1-9,12H,11H2,(H,22,23,24). The number of aromatic nitrogens is 4. The van der Waals surface area contributed by atoms with Gasteiger partial charge in [0.1, 0.15) is 18.4 Å². The van der Waals surface area contributed by atoms with Gasteiger partial charge in [-0.05, 0) is 11.6 Å². The van der Waals surface area contributed by atoms with Crippen molar-refractivity contribution in [2.24, 2.45) is 0 Å². The highest BCUT2D eigenvalue weighted by molar-refractivity contribution is 7.11. The average Bonchev–Trinajstić information content (AvgIpc) is 3.36. The molecule has 4 aromatic rings. The molecule has 7 heteroatoms. The van der Waals surface area contributed by atoms with E-state index < -0.39 is 0 Å². The molecule has 1 N–H and O–H groups in total. The molecule has 0 fully saturated rings. The minimum absolute atomic E-state index is 0.343. The number of rotatable bonds is 5. The van der Waals surface area contributed by atoms with E-state index in [0.29, 0.717) is 23.2 Å². The fraction of sp³-hybridized carbons (Fsp3) is 0.0526. The third-order valence-corrected chi connectivity index (χ3v) is 4.53. The molecule has 0 aliphatic heterocycles. The van der Waals surface area contributed by atoms with Crippen LogP contribution in [0, 0.1) is 11.3 Å². The molecular weight excluding hydrogens is 346 g/mol. The van der Waals surface area contributed by atoms with Crippen LogP contribution in [0.2, 0.25) is 0 Å². The molecule has 2 aromatic carbocycles. The maximum Gasteiger partial charge on any atom is 0.274 e. The van der Waals surface area contributed by atoms with Gasteiger partial charge in [0, 0.05) is 16.5 Å². The number of H-pyrrole nitrogens is 1. The molecule has 0 amide bonds. The van der Waals surface area contributed by atoms with Gasteiger partial charge in [0.2, 0.25) is 0 Å². The van der Waals surface area contributed by atoms with Crippen molar-refractivity contribution in [2.45, 2.75) is 6.61 Å². The lowest BCUT2D eigenvalue weighted by Crippen LogP contribution is -1.95. The number of nitrogens with one attached hydrogen (secondary N) is 1. The minimum Gasteiger partial charge on any atom is -0.465 e. The first-order chi connectivity index (χ1) is 12.8. The minimum atomic E-state index is 0.343. The Morgan fingerprint density at radius 1 is 1.08 bits per heavy atom. The van der Waals surface area contributed by atoms with Crippen molar-refractivity contribution >= 4 is 11.3 Å². The molecule has 0 saturated heterocycles. The van der Waals surface area contributed by atoms with Gasteiger partial charge in [0.25, 0.3) is 5.19 Å². The van der Waals surface area contributed by atoms with Crippen LogP contribution in [0.15, 0.2) is 60.0 Å². The van der Waals surface area contributed by atoms with Crippen molar-refractivity contribution < 1.29 is 4.74 Å². The Hall–Kier alpha value is -3.50. The average molecular weight is 359 g/mol. The van der Waals surface area contributed by atoms with Crippen molar-refractivity contribution in [2.75, 3.05) is 0 Å². The number of hydrogen-bond donors (Lipinski definition) is 1.